The van der Waals surface area contributed by atoms with Gasteiger partial charge in [-0.15, -0.1) is 0 Å². The largest absolute Gasteiger partial charge is 0.481 e. The molecule has 1 heterocycles. The second-order valence-electron chi connectivity index (χ2n) is 4.88. The summed E-state index contributed by atoms with van der Waals surface area (Å²) < 4.78 is 5.35. The lowest BCUT2D eigenvalue weighted by atomic mass is 10.1. The van der Waals surface area contributed by atoms with Gasteiger partial charge >= 0.3 is 0 Å². The van der Waals surface area contributed by atoms with Crippen LogP contribution >= 0.6 is 0 Å². The van der Waals surface area contributed by atoms with E-state index < -0.39 is 0 Å². The molecule has 1 atom stereocenters. The average Bonchev–Trinajstić information content (AvgIpc) is 2.50. The van der Waals surface area contributed by atoms with Crippen molar-refractivity contribution in [3.05, 3.63) is 35.9 Å². The third-order valence-electron chi connectivity index (χ3n) is 3.40. The Morgan fingerprint density at radius 3 is 2.90 bits per heavy atom. The van der Waals surface area contributed by atoms with Crippen molar-refractivity contribution in [3.63, 3.8) is 0 Å². The van der Waals surface area contributed by atoms with Crippen LogP contribution in [0.4, 0.5) is 0 Å². The quantitative estimate of drug-likeness (QED) is 0.762. The Labute approximate surface area is 119 Å². The predicted molar refractivity (Wildman–Crippen MR) is 80.9 cm³/mol. The second kappa shape index (κ2) is 7.22. The average molecular weight is 274 g/mol. The van der Waals surface area contributed by atoms with E-state index in [1.54, 1.807) is 7.11 Å². The predicted octanol–water partition coefficient (Wildman–Crippen LogP) is 2.49. The highest BCUT2D eigenvalue weighted by Crippen LogP contribution is 2.21. The fourth-order valence-electron chi connectivity index (χ4n) is 2.14. The zero-order valence-electron chi connectivity index (χ0n) is 12.1. The number of benzene rings is 1. The fourth-order valence-corrected chi connectivity index (χ4v) is 2.14. The van der Waals surface area contributed by atoms with Gasteiger partial charge in [0.2, 0.25) is 5.88 Å². The summed E-state index contributed by atoms with van der Waals surface area (Å²) in [6.45, 7) is 3.46. The molecule has 0 aliphatic rings. The molecular weight excluding hydrogens is 252 g/mol. The lowest BCUT2D eigenvalue weighted by Crippen LogP contribution is -2.20. The first-order valence-electron chi connectivity index (χ1n) is 7.06. The van der Waals surface area contributed by atoms with Crippen molar-refractivity contribution in [1.29, 1.82) is 0 Å². The highest BCUT2D eigenvalue weighted by Gasteiger charge is 2.07. The van der Waals surface area contributed by atoms with Crippen LogP contribution in [0.25, 0.3) is 10.9 Å². The van der Waals surface area contributed by atoms with Gasteiger partial charge in [-0.25, -0.2) is 4.98 Å². The third-order valence-corrected chi connectivity index (χ3v) is 3.40. The first kappa shape index (κ1) is 14.8. The Kier molecular flexibility index (Phi) is 5.32. The number of pyridine rings is 1. The number of rotatable bonds is 7. The number of ether oxygens (including phenoxy) is 1. The van der Waals surface area contributed by atoms with Crippen molar-refractivity contribution in [2.75, 3.05) is 13.7 Å². The van der Waals surface area contributed by atoms with Crippen LogP contribution in [0.3, 0.4) is 0 Å². The smallest absolute Gasteiger partial charge is 0.218 e. The van der Waals surface area contributed by atoms with Gasteiger partial charge in [-0.2, -0.15) is 0 Å². The van der Waals surface area contributed by atoms with Crippen LogP contribution in [-0.2, 0) is 6.54 Å². The summed E-state index contributed by atoms with van der Waals surface area (Å²) in [5.74, 6) is 0.659. The maximum absolute atomic E-state index is 9.52. The van der Waals surface area contributed by atoms with Gasteiger partial charge in [-0.1, -0.05) is 25.1 Å². The Morgan fingerprint density at radius 2 is 2.15 bits per heavy atom. The zero-order chi connectivity index (χ0) is 14.4. The lowest BCUT2D eigenvalue weighted by molar-refractivity contribution is 0.159. The minimum absolute atomic E-state index is 0.223. The number of aliphatic hydroxyl groups is 1. The normalized spacial score (nSPS) is 12.6. The van der Waals surface area contributed by atoms with Crippen LogP contribution in [0.1, 0.15) is 25.3 Å². The van der Waals surface area contributed by atoms with E-state index in [1.165, 1.54) is 0 Å². The zero-order valence-corrected chi connectivity index (χ0v) is 12.1. The van der Waals surface area contributed by atoms with Crippen LogP contribution in [0.15, 0.2) is 30.3 Å². The number of fused-ring (bicyclic) bond motifs is 1. The Hall–Kier alpha value is -1.65. The Morgan fingerprint density at radius 1 is 1.35 bits per heavy atom. The molecule has 1 unspecified atom stereocenters. The Balaban J connectivity index is 2.04. The molecule has 0 radical (unpaired) electrons. The molecule has 0 amide bonds. The molecule has 108 valence electrons. The van der Waals surface area contributed by atoms with Gasteiger partial charge in [-0.3, -0.25) is 0 Å². The van der Waals surface area contributed by atoms with Crippen LogP contribution in [-0.4, -0.2) is 29.8 Å². The monoisotopic (exact) mass is 274 g/mol. The number of aromatic nitrogens is 1. The molecule has 1 aromatic heterocycles. The molecular formula is C16H22N2O2. The van der Waals surface area contributed by atoms with Crippen molar-refractivity contribution in [2.45, 2.75) is 32.4 Å². The molecule has 0 aliphatic carbocycles. The first-order valence-corrected chi connectivity index (χ1v) is 7.06. The number of hydrogen-bond donors (Lipinski definition) is 2. The summed E-state index contributed by atoms with van der Waals surface area (Å²) in [5.41, 5.74) is 1.98. The van der Waals surface area contributed by atoms with E-state index >= 15 is 0 Å². The molecule has 4 heteroatoms. The molecule has 0 bridgehead atoms. The van der Waals surface area contributed by atoms with E-state index in [4.69, 9.17) is 4.74 Å². The summed E-state index contributed by atoms with van der Waals surface area (Å²) >= 11 is 0. The van der Waals surface area contributed by atoms with Gasteiger partial charge in [0.1, 0.15) is 0 Å². The molecule has 20 heavy (non-hydrogen) atoms. The van der Waals surface area contributed by atoms with Crippen LogP contribution < -0.4 is 10.1 Å². The van der Waals surface area contributed by atoms with Gasteiger partial charge in [-0.05, 0) is 31.5 Å². The van der Waals surface area contributed by atoms with Gasteiger partial charge in [0.05, 0.1) is 18.7 Å². The van der Waals surface area contributed by atoms with Crippen LogP contribution in [0.5, 0.6) is 5.88 Å². The molecule has 2 N–H and O–H groups in total. The van der Waals surface area contributed by atoms with Gasteiger partial charge in [0.15, 0.2) is 0 Å². The SMILES string of the molecule is CCC(O)CCNCc1cc2ccccc2nc1OC. The van der Waals surface area contributed by atoms with E-state index in [9.17, 15) is 5.11 Å². The number of para-hydroxylation sites is 1. The summed E-state index contributed by atoms with van der Waals surface area (Å²) in [5, 5.41) is 14.0. The molecule has 2 aromatic rings. The number of methoxy groups -OCH3 is 1. The molecule has 0 saturated heterocycles. The fraction of sp³-hybridized carbons (Fsp3) is 0.438. The number of nitrogens with zero attached hydrogens (tertiary/aromatic N) is 1. The summed E-state index contributed by atoms with van der Waals surface area (Å²) in [6.07, 6.45) is 1.33. The summed E-state index contributed by atoms with van der Waals surface area (Å²) in [6, 6.07) is 10.1. The van der Waals surface area contributed by atoms with E-state index in [2.05, 4.69) is 16.4 Å². The standard InChI is InChI=1S/C16H22N2O2/c1-3-14(19)8-9-17-11-13-10-12-6-4-5-7-15(12)18-16(13)20-2/h4-7,10,14,17,19H,3,8-9,11H2,1-2H3. The third kappa shape index (κ3) is 3.68. The van der Waals surface area contributed by atoms with Gasteiger partial charge in [0, 0.05) is 17.5 Å². The van der Waals surface area contributed by atoms with Crippen molar-refractivity contribution >= 4 is 10.9 Å². The summed E-state index contributed by atoms with van der Waals surface area (Å²) in [4.78, 5) is 4.51. The highest BCUT2D eigenvalue weighted by atomic mass is 16.5. The first-order chi connectivity index (χ1) is 9.74. The van der Waals surface area contributed by atoms with Gasteiger partial charge < -0.3 is 15.2 Å². The van der Waals surface area contributed by atoms with Crippen LogP contribution in [0.2, 0.25) is 0 Å². The maximum atomic E-state index is 9.52. The van der Waals surface area contributed by atoms with E-state index in [0.29, 0.717) is 12.4 Å². The van der Waals surface area contributed by atoms with Gasteiger partial charge in [0.25, 0.3) is 0 Å². The maximum Gasteiger partial charge on any atom is 0.218 e. The second-order valence-corrected chi connectivity index (χ2v) is 4.88. The topological polar surface area (TPSA) is 54.4 Å². The molecule has 1 aromatic carbocycles. The molecule has 0 saturated carbocycles. The number of hydrogen-bond acceptors (Lipinski definition) is 4. The van der Waals surface area contributed by atoms with Crippen LogP contribution in [0, 0.1) is 0 Å². The van der Waals surface area contributed by atoms with Crippen molar-refractivity contribution < 1.29 is 9.84 Å². The van der Waals surface area contributed by atoms with E-state index in [1.807, 2.05) is 31.2 Å². The molecule has 0 aliphatic heterocycles. The number of aliphatic hydroxyl groups excluding tert-OH is 1. The van der Waals surface area contributed by atoms with E-state index in [-0.39, 0.29) is 6.10 Å². The lowest BCUT2D eigenvalue weighted by Gasteiger charge is -2.11. The number of nitrogens with one attached hydrogen (secondary N) is 1. The minimum Gasteiger partial charge on any atom is -0.481 e. The molecule has 0 fully saturated rings. The molecule has 2 rings (SSSR count). The van der Waals surface area contributed by atoms with E-state index in [0.717, 1.165) is 35.9 Å². The highest BCUT2D eigenvalue weighted by molar-refractivity contribution is 5.80. The van der Waals surface area contributed by atoms with Crippen molar-refractivity contribution in [2.24, 2.45) is 0 Å². The molecule has 0 spiro atoms. The molecule has 4 nitrogen and oxygen atoms in total. The summed E-state index contributed by atoms with van der Waals surface area (Å²) in [7, 11) is 1.64. The van der Waals surface area contributed by atoms with Crippen molar-refractivity contribution in [3.8, 4) is 5.88 Å². The Bertz CT molecular complexity index is 557. The van der Waals surface area contributed by atoms with Crippen molar-refractivity contribution in [1.82, 2.24) is 10.3 Å². The minimum atomic E-state index is -0.223.